The van der Waals surface area contributed by atoms with Crippen molar-refractivity contribution in [1.29, 1.82) is 0 Å². The number of carbonyl (C=O) groups excluding carboxylic acids is 1. The molecule has 1 N–H and O–H groups in total. The summed E-state index contributed by atoms with van der Waals surface area (Å²) in [5.74, 6) is 0.100. The normalized spacial score (nSPS) is 10.0. The Morgan fingerprint density at radius 3 is 2.75 bits per heavy atom. The molecule has 4 heteroatoms. The van der Waals surface area contributed by atoms with Crippen LogP contribution in [0.2, 0.25) is 0 Å². The molecule has 0 heterocycles. The predicted molar refractivity (Wildman–Crippen MR) is 70.7 cm³/mol. The van der Waals surface area contributed by atoms with E-state index in [9.17, 15) is 4.79 Å². The zero-order valence-electron chi connectivity index (χ0n) is 9.88. The summed E-state index contributed by atoms with van der Waals surface area (Å²) >= 11 is 3.44. The van der Waals surface area contributed by atoms with Crippen LogP contribution in [-0.4, -0.2) is 30.9 Å². The zero-order valence-corrected chi connectivity index (χ0v) is 11.5. The first-order valence-electron chi connectivity index (χ1n) is 5.28. The van der Waals surface area contributed by atoms with Gasteiger partial charge >= 0.3 is 0 Å². The molecule has 0 aromatic heterocycles. The van der Waals surface area contributed by atoms with Crippen LogP contribution >= 0.6 is 15.9 Å². The Kier molecular flexibility index (Phi) is 4.80. The third-order valence-electron chi connectivity index (χ3n) is 2.50. The molecule has 0 spiro atoms. The average molecular weight is 285 g/mol. The molecular formula is C12H17BrN2O. The molecule has 0 saturated heterocycles. The van der Waals surface area contributed by atoms with E-state index in [1.807, 2.05) is 32.0 Å². The minimum atomic E-state index is 0.100. The maximum atomic E-state index is 11.6. The smallest absolute Gasteiger partial charge is 0.241 e. The molecule has 0 unspecified atom stereocenters. The maximum Gasteiger partial charge on any atom is 0.241 e. The van der Waals surface area contributed by atoms with Crippen molar-refractivity contribution in [3.63, 3.8) is 0 Å². The van der Waals surface area contributed by atoms with Gasteiger partial charge in [0, 0.05) is 23.8 Å². The Bertz CT molecular complexity index is 379. The van der Waals surface area contributed by atoms with Crippen molar-refractivity contribution in [3.05, 3.63) is 28.2 Å². The summed E-state index contributed by atoms with van der Waals surface area (Å²) in [6, 6.07) is 5.95. The van der Waals surface area contributed by atoms with Crippen LogP contribution in [0.5, 0.6) is 0 Å². The highest BCUT2D eigenvalue weighted by Gasteiger charge is 2.05. The molecule has 0 aliphatic rings. The van der Waals surface area contributed by atoms with Crippen molar-refractivity contribution in [1.82, 2.24) is 4.90 Å². The molecule has 1 aromatic carbocycles. The number of carbonyl (C=O) groups is 1. The molecule has 1 rings (SSSR count). The van der Waals surface area contributed by atoms with E-state index in [4.69, 9.17) is 0 Å². The third kappa shape index (κ3) is 3.52. The lowest BCUT2D eigenvalue weighted by Gasteiger charge is -2.15. The largest absolute Gasteiger partial charge is 0.376 e. The molecule has 0 radical (unpaired) electrons. The molecule has 88 valence electrons. The molecule has 0 atom stereocenters. The number of hydrogen-bond acceptors (Lipinski definition) is 2. The second-order valence-electron chi connectivity index (χ2n) is 3.73. The van der Waals surface area contributed by atoms with Gasteiger partial charge in [0.15, 0.2) is 0 Å². The van der Waals surface area contributed by atoms with Crippen molar-refractivity contribution >= 4 is 27.5 Å². The lowest BCUT2D eigenvalue weighted by Crippen LogP contribution is -2.31. The van der Waals surface area contributed by atoms with Gasteiger partial charge in [0.1, 0.15) is 0 Å². The number of nitrogens with one attached hydrogen (secondary N) is 1. The molecule has 0 bridgehead atoms. The molecule has 1 amide bonds. The van der Waals surface area contributed by atoms with Gasteiger partial charge in [-0.1, -0.05) is 15.9 Å². The van der Waals surface area contributed by atoms with E-state index in [1.165, 1.54) is 0 Å². The Hall–Kier alpha value is -1.03. The van der Waals surface area contributed by atoms with Crippen LogP contribution in [0.25, 0.3) is 0 Å². The molecule has 0 saturated carbocycles. The fourth-order valence-electron chi connectivity index (χ4n) is 1.24. The van der Waals surface area contributed by atoms with E-state index in [2.05, 4.69) is 21.2 Å². The lowest BCUT2D eigenvalue weighted by atomic mass is 10.2. The highest BCUT2D eigenvalue weighted by molar-refractivity contribution is 9.10. The molecular weight excluding hydrogens is 268 g/mol. The van der Waals surface area contributed by atoms with E-state index < -0.39 is 0 Å². The molecule has 0 fully saturated rings. The van der Waals surface area contributed by atoms with Crippen molar-refractivity contribution in [2.24, 2.45) is 0 Å². The maximum absolute atomic E-state index is 11.6. The topological polar surface area (TPSA) is 32.3 Å². The van der Waals surface area contributed by atoms with Crippen LogP contribution in [0.3, 0.4) is 0 Å². The molecule has 3 nitrogen and oxygen atoms in total. The Morgan fingerprint density at radius 2 is 2.19 bits per heavy atom. The second kappa shape index (κ2) is 5.89. The number of hydrogen-bond donors (Lipinski definition) is 1. The van der Waals surface area contributed by atoms with Crippen molar-refractivity contribution in [2.75, 3.05) is 25.5 Å². The predicted octanol–water partition coefficient (Wildman–Crippen LogP) is 2.65. The average Bonchev–Trinajstić information content (AvgIpc) is 2.29. The van der Waals surface area contributed by atoms with E-state index in [0.717, 1.165) is 22.3 Å². The number of halogens is 1. The quantitative estimate of drug-likeness (QED) is 0.922. The summed E-state index contributed by atoms with van der Waals surface area (Å²) in [5, 5.41) is 3.12. The zero-order chi connectivity index (χ0) is 12.1. The first kappa shape index (κ1) is 13.0. The van der Waals surface area contributed by atoms with Gasteiger partial charge in [-0.3, -0.25) is 4.79 Å². The van der Waals surface area contributed by atoms with Gasteiger partial charge in [-0.15, -0.1) is 0 Å². The number of amides is 1. The van der Waals surface area contributed by atoms with Gasteiger partial charge in [-0.25, -0.2) is 0 Å². The first-order valence-corrected chi connectivity index (χ1v) is 6.08. The van der Waals surface area contributed by atoms with Crippen molar-refractivity contribution < 1.29 is 4.79 Å². The van der Waals surface area contributed by atoms with Gasteiger partial charge in [0.05, 0.1) is 6.54 Å². The Labute approximate surface area is 105 Å². The van der Waals surface area contributed by atoms with Gasteiger partial charge in [-0.2, -0.15) is 0 Å². The number of likely N-dealkylation sites (N-methyl/N-ethyl adjacent to an activating group) is 1. The van der Waals surface area contributed by atoms with Crippen LogP contribution in [0.4, 0.5) is 5.69 Å². The number of benzene rings is 1. The van der Waals surface area contributed by atoms with Gasteiger partial charge < -0.3 is 10.2 Å². The summed E-state index contributed by atoms with van der Waals surface area (Å²) in [5.41, 5.74) is 2.12. The monoisotopic (exact) mass is 284 g/mol. The molecule has 16 heavy (non-hydrogen) atoms. The number of anilines is 1. The van der Waals surface area contributed by atoms with E-state index >= 15 is 0 Å². The highest BCUT2D eigenvalue weighted by atomic mass is 79.9. The Morgan fingerprint density at radius 1 is 1.50 bits per heavy atom. The van der Waals surface area contributed by atoms with Gasteiger partial charge in [0.25, 0.3) is 0 Å². The van der Waals surface area contributed by atoms with Crippen LogP contribution in [0, 0.1) is 6.92 Å². The van der Waals surface area contributed by atoms with Gasteiger partial charge in [-0.05, 0) is 37.6 Å². The summed E-state index contributed by atoms with van der Waals surface area (Å²) in [4.78, 5) is 13.2. The SMILES string of the molecule is CCN(C)C(=O)CNc1ccc(Br)c(C)c1. The van der Waals surface area contributed by atoms with Gasteiger partial charge in [0.2, 0.25) is 5.91 Å². The van der Waals surface area contributed by atoms with Crippen molar-refractivity contribution in [2.45, 2.75) is 13.8 Å². The second-order valence-corrected chi connectivity index (χ2v) is 4.58. The summed E-state index contributed by atoms with van der Waals surface area (Å²) in [6.45, 7) is 5.06. The Balaban J connectivity index is 2.55. The summed E-state index contributed by atoms with van der Waals surface area (Å²) in [7, 11) is 1.80. The van der Waals surface area contributed by atoms with Crippen molar-refractivity contribution in [3.8, 4) is 0 Å². The molecule has 1 aromatic rings. The summed E-state index contributed by atoms with van der Waals surface area (Å²) < 4.78 is 1.08. The van der Waals surface area contributed by atoms with Crippen LogP contribution in [-0.2, 0) is 4.79 Å². The number of aryl methyl sites for hydroxylation is 1. The third-order valence-corrected chi connectivity index (χ3v) is 3.39. The fraction of sp³-hybridized carbons (Fsp3) is 0.417. The fourth-order valence-corrected chi connectivity index (χ4v) is 1.49. The van der Waals surface area contributed by atoms with Crippen LogP contribution < -0.4 is 5.32 Å². The van der Waals surface area contributed by atoms with E-state index in [1.54, 1.807) is 11.9 Å². The number of nitrogens with zero attached hydrogens (tertiary/aromatic N) is 1. The standard InChI is InChI=1S/C12H17BrN2O/c1-4-15(3)12(16)8-14-10-5-6-11(13)9(2)7-10/h5-7,14H,4,8H2,1-3H3. The lowest BCUT2D eigenvalue weighted by molar-refractivity contribution is -0.127. The number of rotatable bonds is 4. The highest BCUT2D eigenvalue weighted by Crippen LogP contribution is 2.19. The minimum Gasteiger partial charge on any atom is -0.376 e. The van der Waals surface area contributed by atoms with E-state index in [0.29, 0.717) is 6.54 Å². The molecule has 0 aliphatic heterocycles. The summed E-state index contributed by atoms with van der Waals surface area (Å²) in [6.07, 6.45) is 0. The van der Waals surface area contributed by atoms with Crippen LogP contribution in [0.1, 0.15) is 12.5 Å². The van der Waals surface area contributed by atoms with E-state index in [-0.39, 0.29) is 5.91 Å². The first-order chi connectivity index (χ1) is 7.54. The van der Waals surface area contributed by atoms with Crippen LogP contribution in [0.15, 0.2) is 22.7 Å². The minimum absolute atomic E-state index is 0.100. The molecule has 0 aliphatic carbocycles.